The highest BCUT2D eigenvalue weighted by Gasteiger charge is 2.34. The number of amides is 2. The van der Waals surface area contributed by atoms with E-state index in [1.54, 1.807) is 24.3 Å². The molecule has 4 aromatic carbocycles. The minimum atomic E-state index is -0.937. The molecule has 0 aliphatic carbocycles. The normalized spacial score (nSPS) is 14.7. The Morgan fingerprint density at radius 2 is 1.70 bits per heavy atom. The molecule has 1 aliphatic rings. The van der Waals surface area contributed by atoms with Gasteiger partial charge in [-0.2, -0.15) is 0 Å². The molecule has 1 fully saturated rings. The Balaban J connectivity index is 0.960. The molecule has 12 nitrogen and oxygen atoms in total. The maximum Gasteiger partial charge on any atom is 0.412 e. The molecule has 54 heavy (non-hydrogen) atoms. The van der Waals surface area contributed by atoms with Crippen LogP contribution in [0.4, 0.5) is 16.2 Å². The largest absolute Gasteiger partial charge is 0.506 e. The molecule has 5 aromatic rings. The quantitative estimate of drug-likeness (QED) is 0.0757. The first kappa shape index (κ1) is 38.3. The van der Waals surface area contributed by atoms with Gasteiger partial charge in [0.05, 0.1) is 35.1 Å². The van der Waals surface area contributed by atoms with Crippen LogP contribution in [0.3, 0.4) is 0 Å². The van der Waals surface area contributed by atoms with Crippen LogP contribution >= 0.6 is 11.6 Å². The van der Waals surface area contributed by atoms with Crippen molar-refractivity contribution in [2.45, 2.75) is 44.4 Å². The van der Waals surface area contributed by atoms with Gasteiger partial charge < -0.3 is 40.2 Å². The number of carbonyl (C=O) groups is 2. The van der Waals surface area contributed by atoms with Crippen LogP contribution < -0.4 is 26.2 Å². The Hall–Kier alpha value is -5.40. The SMILES string of the molecule is COc1cc(NC(=O)CCN2CCC(C)(OC(=O)Nc3ccccc3-c3ccccc3)CC2)c(Cl)cc1CNC[C@@H](O)c1ccc(O)c2[nH]c(=O)ccc12. The summed E-state index contributed by atoms with van der Waals surface area (Å²) in [6, 6.07) is 26.8. The third-order valence-electron chi connectivity index (χ3n) is 9.72. The second-order valence-electron chi connectivity index (χ2n) is 13.6. The van der Waals surface area contributed by atoms with E-state index in [2.05, 4.69) is 25.8 Å². The minimum Gasteiger partial charge on any atom is -0.506 e. The fraction of sp³-hybridized carbons (Fsp3) is 0.293. The van der Waals surface area contributed by atoms with E-state index in [1.165, 1.54) is 19.2 Å². The van der Waals surface area contributed by atoms with Gasteiger partial charge in [-0.15, -0.1) is 0 Å². The van der Waals surface area contributed by atoms with Gasteiger partial charge in [-0.25, -0.2) is 4.79 Å². The summed E-state index contributed by atoms with van der Waals surface area (Å²) in [5.41, 5.74) is 3.56. The molecule has 13 heteroatoms. The number of fused-ring (bicyclic) bond motifs is 1. The van der Waals surface area contributed by atoms with E-state index in [9.17, 15) is 24.6 Å². The number of para-hydroxylation sites is 1. The number of aromatic nitrogens is 1. The van der Waals surface area contributed by atoms with E-state index >= 15 is 0 Å². The molecule has 1 aliphatic heterocycles. The highest BCUT2D eigenvalue weighted by molar-refractivity contribution is 6.33. The minimum absolute atomic E-state index is 0.0806. The number of halogens is 1. The van der Waals surface area contributed by atoms with Crippen molar-refractivity contribution < 1.29 is 29.3 Å². The molecular weight excluding hydrogens is 710 g/mol. The number of likely N-dealkylation sites (tertiary alicyclic amines) is 1. The molecule has 2 heterocycles. The zero-order valence-electron chi connectivity index (χ0n) is 30.2. The molecule has 1 saturated heterocycles. The number of aliphatic hydroxyl groups is 1. The van der Waals surface area contributed by atoms with E-state index in [0.717, 1.165) is 16.7 Å². The van der Waals surface area contributed by atoms with Gasteiger partial charge in [0.15, 0.2) is 0 Å². The van der Waals surface area contributed by atoms with E-state index in [0.29, 0.717) is 72.1 Å². The molecule has 0 bridgehead atoms. The number of carbonyl (C=O) groups excluding carboxylic acids is 2. The van der Waals surface area contributed by atoms with Crippen LogP contribution in [-0.2, 0) is 16.1 Å². The Kier molecular flexibility index (Phi) is 12.2. The van der Waals surface area contributed by atoms with Crippen LogP contribution in [0, 0.1) is 0 Å². The lowest BCUT2D eigenvalue weighted by molar-refractivity contribution is -0.116. The number of pyridine rings is 1. The Bertz CT molecular complexity index is 2170. The van der Waals surface area contributed by atoms with Crippen molar-refractivity contribution in [2.75, 3.05) is 43.9 Å². The standard InChI is InChI=1S/C41H44ClN5O7/c1-41(54-40(52)45-32-11-7-6-10-28(32)26-8-4-3-5-9-26)17-20-47(21-18-41)19-16-38(51)44-33-23-36(53-2)27(22-31(33)42)24-43-25-35(49)29-12-14-34(48)39-30(29)13-15-37(50)46-39/h3-15,22-23,35,43,48-49H,16-21,24-25H2,1-2H3,(H,44,51)(H,45,52)(H,46,50)/t35-/m1/s1. The average Bonchev–Trinajstić information content (AvgIpc) is 3.16. The monoisotopic (exact) mass is 753 g/mol. The van der Waals surface area contributed by atoms with E-state index in [-0.39, 0.29) is 35.7 Å². The Morgan fingerprint density at radius 1 is 0.963 bits per heavy atom. The van der Waals surface area contributed by atoms with Crippen molar-refractivity contribution in [3.63, 3.8) is 0 Å². The molecule has 2 amide bonds. The lowest BCUT2D eigenvalue weighted by atomic mass is 9.93. The maximum absolute atomic E-state index is 13.0. The van der Waals surface area contributed by atoms with Crippen molar-refractivity contribution in [3.05, 3.63) is 117 Å². The van der Waals surface area contributed by atoms with Crippen molar-refractivity contribution >= 4 is 45.9 Å². The average molecular weight is 754 g/mol. The molecule has 0 saturated carbocycles. The highest BCUT2D eigenvalue weighted by Crippen LogP contribution is 2.33. The fourth-order valence-corrected chi connectivity index (χ4v) is 6.90. The summed E-state index contributed by atoms with van der Waals surface area (Å²) in [6.45, 7) is 4.29. The third-order valence-corrected chi connectivity index (χ3v) is 10.0. The summed E-state index contributed by atoms with van der Waals surface area (Å²) >= 11 is 6.59. The Morgan fingerprint density at radius 3 is 2.46 bits per heavy atom. The number of phenols is 1. The zero-order valence-corrected chi connectivity index (χ0v) is 30.9. The van der Waals surface area contributed by atoms with Gasteiger partial charge in [-0.3, -0.25) is 14.9 Å². The number of benzene rings is 4. The van der Waals surface area contributed by atoms with Gasteiger partial charge in [0.1, 0.15) is 17.1 Å². The lowest BCUT2D eigenvalue weighted by Crippen LogP contribution is -2.46. The number of anilines is 2. The first-order valence-electron chi connectivity index (χ1n) is 17.8. The van der Waals surface area contributed by atoms with E-state index in [1.807, 2.05) is 61.5 Å². The summed E-state index contributed by atoms with van der Waals surface area (Å²) in [7, 11) is 1.53. The van der Waals surface area contributed by atoms with Crippen LogP contribution in [0.15, 0.2) is 95.8 Å². The number of H-pyrrole nitrogens is 1. The first-order valence-corrected chi connectivity index (χ1v) is 18.2. The number of rotatable bonds is 13. The number of ether oxygens (including phenoxy) is 2. The van der Waals surface area contributed by atoms with Gasteiger partial charge in [0.2, 0.25) is 11.5 Å². The van der Waals surface area contributed by atoms with Crippen molar-refractivity contribution in [1.82, 2.24) is 15.2 Å². The lowest BCUT2D eigenvalue weighted by Gasteiger charge is -2.38. The van der Waals surface area contributed by atoms with Gasteiger partial charge >= 0.3 is 6.09 Å². The summed E-state index contributed by atoms with van der Waals surface area (Å²) in [4.78, 5) is 42.5. The number of aromatic amines is 1. The number of aromatic hydroxyl groups is 1. The summed E-state index contributed by atoms with van der Waals surface area (Å²) in [5.74, 6) is 0.228. The summed E-state index contributed by atoms with van der Waals surface area (Å²) in [6.07, 6.45) is 0.0682. The maximum atomic E-state index is 13.0. The molecule has 0 radical (unpaired) electrons. The number of hydrogen-bond acceptors (Lipinski definition) is 9. The Labute approximate surface area is 318 Å². The smallest absolute Gasteiger partial charge is 0.412 e. The van der Waals surface area contributed by atoms with Gasteiger partial charge in [0, 0.05) is 67.8 Å². The molecule has 6 N–H and O–H groups in total. The molecule has 1 atom stereocenters. The van der Waals surface area contributed by atoms with Crippen LogP contribution in [-0.4, -0.2) is 71.0 Å². The van der Waals surface area contributed by atoms with Gasteiger partial charge in [-0.1, -0.05) is 66.2 Å². The highest BCUT2D eigenvalue weighted by atomic mass is 35.5. The van der Waals surface area contributed by atoms with Crippen LogP contribution in [0.25, 0.3) is 22.0 Å². The van der Waals surface area contributed by atoms with E-state index < -0.39 is 17.8 Å². The molecule has 1 aromatic heterocycles. The van der Waals surface area contributed by atoms with Crippen molar-refractivity contribution in [1.29, 1.82) is 0 Å². The second-order valence-corrected chi connectivity index (χ2v) is 14.0. The summed E-state index contributed by atoms with van der Waals surface area (Å²) in [5, 5.41) is 31.0. The van der Waals surface area contributed by atoms with Crippen molar-refractivity contribution in [2.24, 2.45) is 0 Å². The molecule has 6 rings (SSSR count). The van der Waals surface area contributed by atoms with E-state index in [4.69, 9.17) is 21.1 Å². The van der Waals surface area contributed by atoms with Crippen LogP contribution in [0.5, 0.6) is 11.5 Å². The van der Waals surface area contributed by atoms with Crippen LogP contribution in [0.1, 0.15) is 43.4 Å². The van der Waals surface area contributed by atoms with Gasteiger partial charge in [-0.05, 0) is 55.2 Å². The third kappa shape index (κ3) is 9.39. The van der Waals surface area contributed by atoms with Crippen molar-refractivity contribution in [3.8, 4) is 22.6 Å². The zero-order chi connectivity index (χ0) is 38.2. The predicted molar refractivity (Wildman–Crippen MR) is 210 cm³/mol. The van der Waals surface area contributed by atoms with Gasteiger partial charge in [0.25, 0.3) is 0 Å². The molecule has 282 valence electrons. The first-order chi connectivity index (χ1) is 26.0. The number of nitrogens with zero attached hydrogens (tertiary/aromatic N) is 1. The predicted octanol–water partition coefficient (Wildman–Crippen LogP) is 6.82. The number of nitrogens with one attached hydrogen (secondary N) is 4. The molecule has 0 spiro atoms. The molecule has 0 unspecified atom stereocenters. The second kappa shape index (κ2) is 17.2. The molecular formula is C41H44ClN5O7. The number of piperidine rings is 1. The summed E-state index contributed by atoms with van der Waals surface area (Å²) < 4.78 is 11.5. The topological polar surface area (TPSA) is 165 Å². The number of aliphatic hydroxyl groups excluding tert-OH is 1. The van der Waals surface area contributed by atoms with Crippen LogP contribution in [0.2, 0.25) is 5.02 Å². The number of methoxy groups -OCH3 is 1. The number of phenolic OH excluding ortho intramolecular Hbond substituents is 1. The number of hydrogen-bond donors (Lipinski definition) is 6. The fourth-order valence-electron chi connectivity index (χ4n) is 6.67.